The highest BCUT2D eigenvalue weighted by atomic mass is 16.2. The molecule has 0 saturated heterocycles. The van der Waals surface area contributed by atoms with Crippen LogP contribution in [0.2, 0.25) is 0 Å². The lowest BCUT2D eigenvalue weighted by Crippen LogP contribution is -2.36. The van der Waals surface area contributed by atoms with E-state index >= 15 is 0 Å². The van der Waals surface area contributed by atoms with E-state index in [1.165, 1.54) is 12.8 Å². The van der Waals surface area contributed by atoms with Crippen LogP contribution in [0.1, 0.15) is 26.2 Å². The Labute approximate surface area is 73.9 Å². The highest BCUT2D eigenvalue weighted by Crippen LogP contribution is 2.19. The molecule has 12 heavy (non-hydrogen) atoms. The van der Waals surface area contributed by atoms with Crippen molar-refractivity contribution in [2.45, 2.75) is 32.2 Å². The van der Waals surface area contributed by atoms with Crippen molar-refractivity contribution < 1.29 is 4.79 Å². The summed E-state index contributed by atoms with van der Waals surface area (Å²) in [7, 11) is 1.88. The van der Waals surface area contributed by atoms with E-state index in [1.54, 1.807) is 0 Å². The molecule has 0 spiro atoms. The minimum Gasteiger partial charge on any atom is -0.353 e. The van der Waals surface area contributed by atoms with Crippen molar-refractivity contribution in [3.8, 4) is 0 Å². The van der Waals surface area contributed by atoms with E-state index in [9.17, 15) is 4.79 Å². The minimum absolute atomic E-state index is 0.149. The van der Waals surface area contributed by atoms with Crippen molar-refractivity contribution >= 4 is 5.91 Å². The van der Waals surface area contributed by atoms with E-state index in [0.29, 0.717) is 6.04 Å². The SMILES string of the molecule is CCC(CNC)C(=O)NC1CC1. The van der Waals surface area contributed by atoms with Gasteiger partial charge in [0, 0.05) is 12.6 Å². The van der Waals surface area contributed by atoms with Gasteiger partial charge in [0.1, 0.15) is 0 Å². The second kappa shape index (κ2) is 4.45. The first-order chi connectivity index (χ1) is 5.77. The van der Waals surface area contributed by atoms with Gasteiger partial charge in [-0.15, -0.1) is 0 Å². The average Bonchev–Trinajstić information content (AvgIpc) is 2.83. The third kappa shape index (κ3) is 2.81. The zero-order valence-electron chi connectivity index (χ0n) is 7.89. The Morgan fingerprint density at radius 3 is 2.67 bits per heavy atom. The molecule has 0 aromatic carbocycles. The summed E-state index contributed by atoms with van der Waals surface area (Å²) in [6.07, 6.45) is 3.25. The molecule has 0 aliphatic heterocycles. The zero-order valence-corrected chi connectivity index (χ0v) is 7.89. The van der Waals surface area contributed by atoms with E-state index in [-0.39, 0.29) is 11.8 Å². The summed E-state index contributed by atoms with van der Waals surface area (Å²) in [4.78, 5) is 11.5. The molecule has 0 radical (unpaired) electrons. The van der Waals surface area contributed by atoms with Crippen LogP contribution >= 0.6 is 0 Å². The van der Waals surface area contributed by atoms with Crippen molar-refractivity contribution in [2.24, 2.45) is 5.92 Å². The Morgan fingerprint density at radius 1 is 1.58 bits per heavy atom. The molecule has 1 amide bonds. The van der Waals surface area contributed by atoms with Gasteiger partial charge < -0.3 is 10.6 Å². The molecule has 70 valence electrons. The zero-order chi connectivity index (χ0) is 8.97. The maximum absolute atomic E-state index is 11.5. The molecule has 1 aliphatic carbocycles. The fourth-order valence-electron chi connectivity index (χ4n) is 1.22. The molecular formula is C9H18N2O. The second-order valence-corrected chi connectivity index (χ2v) is 3.45. The van der Waals surface area contributed by atoms with Gasteiger partial charge in [0.25, 0.3) is 0 Å². The lowest BCUT2D eigenvalue weighted by atomic mass is 10.1. The van der Waals surface area contributed by atoms with Crippen molar-refractivity contribution in [2.75, 3.05) is 13.6 Å². The van der Waals surface area contributed by atoms with Crippen molar-refractivity contribution in [1.29, 1.82) is 0 Å². The monoisotopic (exact) mass is 170 g/mol. The van der Waals surface area contributed by atoms with Crippen LogP contribution in [0, 0.1) is 5.92 Å². The molecule has 3 nitrogen and oxygen atoms in total. The van der Waals surface area contributed by atoms with Gasteiger partial charge in [0.05, 0.1) is 5.92 Å². The van der Waals surface area contributed by atoms with Crippen LogP contribution in [-0.2, 0) is 4.79 Å². The molecule has 0 aromatic heterocycles. The summed E-state index contributed by atoms with van der Waals surface area (Å²) in [5.74, 6) is 0.366. The van der Waals surface area contributed by atoms with E-state index in [2.05, 4.69) is 17.6 Å². The molecule has 1 atom stereocenters. The Morgan fingerprint density at radius 2 is 2.25 bits per heavy atom. The van der Waals surface area contributed by atoms with Gasteiger partial charge in [0.2, 0.25) is 5.91 Å². The van der Waals surface area contributed by atoms with Crippen LogP contribution in [0.3, 0.4) is 0 Å². The van der Waals surface area contributed by atoms with Gasteiger partial charge in [-0.1, -0.05) is 6.92 Å². The summed E-state index contributed by atoms with van der Waals surface area (Å²) >= 11 is 0. The minimum atomic E-state index is 0.149. The predicted molar refractivity (Wildman–Crippen MR) is 48.9 cm³/mol. The first-order valence-corrected chi connectivity index (χ1v) is 4.73. The molecule has 1 fully saturated rings. The van der Waals surface area contributed by atoms with Crippen LogP contribution in [0.4, 0.5) is 0 Å². The highest BCUT2D eigenvalue weighted by molar-refractivity contribution is 5.79. The fourth-order valence-corrected chi connectivity index (χ4v) is 1.22. The molecule has 3 heteroatoms. The Bertz CT molecular complexity index is 155. The van der Waals surface area contributed by atoms with Crippen molar-refractivity contribution in [1.82, 2.24) is 10.6 Å². The standard InChI is InChI=1S/C9H18N2O/c1-3-7(6-10-2)9(12)11-8-4-5-8/h7-8,10H,3-6H2,1-2H3,(H,11,12). The molecule has 1 rings (SSSR count). The van der Waals surface area contributed by atoms with Gasteiger partial charge >= 0.3 is 0 Å². The number of hydrogen-bond donors (Lipinski definition) is 2. The molecule has 1 unspecified atom stereocenters. The third-order valence-corrected chi connectivity index (χ3v) is 2.24. The number of hydrogen-bond acceptors (Lipinski definition) is 2. The maximum Gasteiger partial charge on any atom is 0.224 e. The summed E-state index contributed by atoms with van der Waals surface area (Å²) in [5.41, 5.74) is 0. The van der Waals surface area contributed by atoms with E-state index < -0.39 is 0 Å². The van der Waals surface area contributed by atoms with E-state index in [4.69, 9.17) is 0 Å². The fraction of sp³-hybridized carbons (Fsp3) is 0.889. The third-order valence-electron chi connectivity index (χ3n) is 2.24. The number of amides is 1. The van der Waals surface area contributed by atoms with Gasteiger partial charge in [-0.25, -0.2) is 0 Å². The topological polar surface area (TPSA) is 41.1 Å². The first kappa shape index (κ1) is 9.52. The lowest BCUT2D eigenvalue weighted by Gasteiger charge is -2.13. The highest BCUT2D eigenvalue weighted by Gasteiger charge is 2.26. The van der Waals surface area contributed by atoms with Crippen LogP contribution in [0.25, 0.3) is 0 Å². The quantitative estimate of drug-likeness (QED) is 0.631. The predicted octanol–water partition coefficient (Wildman–Crippen LogP) is 0.511. The summed E-state index contributed by atoms with van der Waals surface area (Å²) in [5, 5.41) is 6.04. The molecule has 1 saturated carbocycles. The Balaban J connectivity index is 2.24. The summed E-state index contributed by atoms with van der Waals surface area (Å²) in [6, 6.07) is 0.489. The maximum atomic E-state index is 11.5. The number of carbonyl (C=O) groups excluding carboxylic acids is 1. The van der Waals surface area contributed by atoms with Crippen LogP contribution < -0.4 is 10.6 Å². The molecule has 0 heterocycles. The molecule has 0 bridgehead atoms. The van der Waals surface area contributed by atoms with E-state index in [1.807, 2.05) is 7.05 Å². The first-order valence-electron chi connectivity index (χ1n) is 4.73. The average molecular weight is 170 g/mol. The summed E-state index contributed by atoms with van der Waals surface area (Å²) in [6.45, 7) is 2.84. The van der Waals surface area contributed by atoms with Gasteiger partial charge in [-0.05, 0) is 26.3 Å². The normalized spacial score (nSPS) is 18.8. The van der Waals surface area contributed by atoms with Crippen molar-refractivity contribution in [3.05, 3.63) is 0 Å². The molecule has 0 aromatic rings. The van der Waals surface area contributed by atoms with Crippen molar-refractivity contribution in [3.63, 3.8) is 0 Å². The lowest BCUT2D eigenvalue weighted by molar-refractivity contribution is -0.125. The Hall–Kier alpha value is -0.570. The second-order valence-electron chi connectivity index (χ2n) is 3.45. The van der Waals surface area contributed by atoms with E-state index in [0.717, 1.165) is 13.0 Å². The van der Waals surface area contributed by atoms with Crippen LogP contribution in [0.15, 0.2) is 0 Å². The van der Waals surface area contributed by atoms with Gasteiger partial charge in [-0.2, -0.15) is 0 Å². The largest absolute Gasteiger partial charge is 0.353 e. The Kier molecular flexibility index (Phi) is 3.53. The summed E-state index contributed by atoms with van der Waals surface area (Å²) < 4.78 is 0. The molecule has 2 N–H and O–H groups in total. The number of carbonyl (C=O) groups is 1. The number of nitrogens with one attached hydrogen (secondary N) is 2. The van der Waals surface area contributed by atoms with Crippen LogP contribution in [-0.4, -0.2) is 25.5 Å². The smallest absolute Gasteiger partial charge is 0.224 e. The van der Waals surface area contributed by atoms with Gasteiger partial charge in [-0.3, -0.25) is 4.79 Å². The molecule has 1 aliphatic rings. The van der Waals surface area contributed by atoms with Gasteiger partial charge in [0.15, 0.2) is 0 Å². The van der Waals surface area contributed by atoms with Crippen LogP contribution in [0.5, 0.6) is 0 Å². The number of rotatable bonds is 5. The molecular weight excluding hydrogens is 152 g/mol.